The Bertz CT molecular complexity index is 966. The van der Waals surface area contributed by atoms with Crippen LogP contribution in [-0.4, -0.2) is 59.4 Å². The molecule has 0 saturated heterocycles. The van der Waals surface area contributed by atoms with Gasteiger partial charge in [0.1, 0.15) is 0 Å². The van der Waals surface area contributed by atoms with Crippen LogP contribution in [0.5, 0.6) is 0 Å². The lowest BCUT2D eigenvalue weighted by molar-refractivity contribution is -0.453. The van der Waals surface area contributed by atoms with Crippen LogP contribution in [0, 0.1) is 0 Å². The molecule has 0 aliphatic heterocycles. The van der Waals surface area contributed by atoms with E-state index >= 15 is 0 Å². The molecule has 0 spiro atoms. The van der Waals surface area contributed by atoms with E-state index in [1.54, 1.807) is 0 Å². The number of rotatable bonds is 10. The quantitative estimate of drug-likeness (QED) is 0.245. The lowest BCUT2D eigenvalue weighted by Gasteiger charge is -2.42. The normalized spacial score (nSPS) is 16.4. The molecular formula is C19H15F15O3. The van der Waals surface area contributed by atoms with Crippen molar-refractivity contribution < 1.29 is 80.5 Å². The predicted molar refractivity (Wildman–Crippen MR) is 92.3 cm³/mol. The van der Waals surface area contributed by atoms with Crippen LogP contribution >= 0.6 is 0 Å². The first kappa shape index (κ1) is 32.6. The smallest absolute Gasteiger partial charge is 0.460 e. The van der Waals surface area contributed by atoms with E-state index in [0.717, 1.165) is 12.1 Å². The molecule has 214 valence electrons. The number of aliphatic hydroxyl groups is 1. The van der Waals surface area contributed by atoms with Crippen LogP contribution in [0.3, 0.4) is 0 Å². The van der Waals surface area contributed by atoms with Crippen LogP contribution in [0.2, 0.25) is 0 Å². The Morgan fingerprint density at radius 1 is 0.703 bits per heavy atom. The van der Waals surface area contributed by atoms with Gasteiger partial charge in [0, 0.05) is 0 Å². The minimum absolute atomic E-state index is 0.133. The molecule has 18 heteroatoms. The molecule has 1 aromatic rings. The minimum atomic E-state index is -8.40. The van der Waals surface area contributed by atoms with Crippen molar-refractivity contribution in [2.24, 2.45) is 0 Å². The molecule has 0 saturated carbocycles. The molecule has 37 heavy (non-hydrogen) atoms. The second kappa shape index (κ2) is 9.41. The molecule has 0 radical (unpaired) electrons. The minimum Gasteiger partial charge on any atom is -0.462 e. The first-order valence-corrected chi connectivity index (χ1v) is 9.49. The molecule has 1 atom stereocenters. The molecule has 1 unspecified atom stereocenters. The third-order valence-electron chi connectivity index (χ3n) is 4.98. The summed E-state index contributed by atoms with van der Waals surface area (Å²) in [6.07, 6.45) is -10.6. The maximum Gasteiger partial charge on any atom is 0.460 e. The molecule has 1 rings (SSSR count). The topological polar surface area (TPSA) is 46.5 Å². The number of alkyl halides is 15. The predicted octanol–water partition coefficient (Wildman–Crippen LogP) is 6.84. The summed E-state index contributed by atoms with van der Waals surface area (Å²) in [5.74, 6) is -48.4. The Balaban J connectivity index is 3.46. The second-order valence-corrected chi connectivity index (χ2v) is 7.82. The average molecular weight is 576 g/mol. The number of benzene rings is 1. The fourth-order valence-electron chi connectivity index (χ4n) is 2.82. The third kappa shape index (κ3) is 5.16. The Morgan fingerprint density at radius 2 is 1.08 bits per heavy atom. The molecule has 0 amide bonds. The molecule has 1 aromatic carbocycles. The summed E-state index contributed by atoms with van der Waals surface area (Å²) in [6.45, 7) is 1.49. The summed E-state index contributed by atoms with van der Waals surface area (Å²) < 4.78 is 204. The lowest BCUT2D eigenvalue weighted by atomic mass is 9.83. The van der Waals surface area contributed by atoms with Crippen molar-refractivity contribution in [1.82, 2.24) is 0 Å². The van der Waals surface area contributed by atoms with Crippen molar-refractivity contribution >= 4 is 5.97 Å². The highest BCUT2D eigenvalue weighted by molar-refractivity contribution is 5.89. The van der Waals surface area contributed by atoms with Crippen molar-refractivity contribution in [1.29, 1.82) is 0 Å². The van der Waals surface area contributed by atoms with Gasteiger partial charge in [-0.1, -0.05) is 12.1 Å². The van der Waals surface area contributed by atoms with Gasteiger partial charge in [-0.2, -0.15) is 65.9 Å². The van der Waals surface area contributed by atoms with E-state index < -0.39 is 65.3 Å². The lowest BCUT2D eigenvalue weighted by Crippen LogP contribution is -2.72. The van der Waals surface area contributed by atoms with Crippen LogP contribution in [0.25, 0.3) is 0 Å². The Morgan fingerprint density at radius 3 is 1.46 bits per heavy atom. The number of halogens is 15. The van der Waals surface area contributed by atoms with Gasteiger partial charge in [0.15, 0.2) is 0 Å². The van der Waals surface area contributed by atoms with Gasteiger partial charge in [0.05, 0.1) is 24.2 Å². The van der Waals surface area contributed by atoms with Gasteiger partial charge in [0.25, 0.3) is 0 Å². The summed E-state index contributed by atoms with van der Waals surface area (Å²) in [4.78, 5) is 11.5. The highest BCUT2D eigenvalue weighted by Crippen LogP contribution is 2.63. The number of hydrogen-bond donors (Lipinski definition) is 1. The van der Waals surface area contributed by atoms with Crippen molar-refractivity contribution in [2.45, 2.75) is 67.6 Å². The van der Waals surface area contributed by atoms with Gasteiger partial charge < -0.3 is 9.84 Å². The van der Waals surface area contributed by atoms with Gasteiger partial charge in [0.2, 0.25) is 0 Å². The summed E-state index contributed by atoms with van der Waals surface area (Å²) >= 11 is 0. The first-order chi connectivity index (χ1) is 16.2. The number of esters is 1. The van der Waals surface area contributed by atoms with E-state index in [1.165, 1.54) is 6.92 Å². The molecule has 0 bridgehead atoms. The summed E-state index contributed by atoms with van der Waals surface area (Å²) in [7, 11) is 0. The highest BCUT2D eigenvalue weighted by Gasteiger charge is 2.93. The largest absolute Gasteiger partial charge is 0.462 e. The van der Waals surface area contributed by atoms with Crippen LogP contribution in [-0.2, 0) is 10.3 Å². The van der Waals surface area contributed by atoms with Crippen molar-refractivity contribution in [3.05, 3.63) is 35.4 Å². The maximum atomic E-state index is 14.2. The molecular weight excluding hydrogens is 561 g/mol. The molecule has 0 fully saturated rings. The summed E-state index contributed by atoms with van der Waals surface area (Å²) in [6, 6.07) is 2.73. The molecule has 0 aliphatic rings. The Hall–Kier alpha value is -2.40. The summed E-state index contributed by atoms with van der Waals surface area (Å²) in [5, 5.41) is 10.1. The standard InChI is InChI=1S/C19H15F15O3/c1-3-37-11(35)9-4-6-10(7-5-9)12(2,36)8-13(20,21)14(22,23)15(24,25)16(26,27)17(28,29)18(30,31)19(32,33)34/h4-7,36H,3,8H2,1-2H3. The van der Waals surface area contributed by atoms with Crippen molar-refractivity contribution in [2.75, 3.05) is 6.61 Å². The SMILES string of the molecule is CCOC(=O)c1ccc(C(C)(O)CC(F)(F)C(F)(F)C(F)(F)C(F)(F)C(F)(F)C(F)(F)C(F)(F)F)cc1. The zero-order chi connectivity index (χ0) is 29.7. The van der Waals surface area contributed by atoms with Gasteiger partial charge >= 0.3 is 47.7 Å². The molecule has 1 N–H and O–H groups in total. The van der Waals surface area contributed by atoms with Crippen LogP contribution in [0.1, 0.15) is 36.2 Å². The third-order valence-corrected chi connectivity index (χ3v) is 4.98. The molecule has 0 heterocycles. The average Bonchev–Trinajstić information content (AvgIpc) is 2.71. The van der Waals surface area contributed by atoms with Crippen LogP contribution in [0.15, 0.2) is 24.3 Å². The Labute approximate surface area is 197 Å². The van der Waals surface area contributed by atoms with Crippen LogP contribution in [0.4, 0.5) is 65.9 Å². The van der Waals surface area contributed by atoms with E-state index in [1.807, 2.05) is 0 Å². The molecule has 0 aromatic heterocycles. The maximum absolute atomic E-state index is 14.2. The van der Waals surface area contributed by atoms with E-state index in [2.05, 4.69) is 4.74 Å². The van der Waals surface area contributed by atoms with Gasteiger partial charge in [-0.15, -0.1) is 0 Å². The van der Waals surface area contributed by atoms with Gasteiger partial charge in [-0.25, -0.2) is 4.79 Å². The summed E-state index contributed by atoms with van der Waals surface area (Å²) in [5.41, 5.74) is -4.51. The molecule has 3 nitrogen and oxygen atoms in total. The number of ether oxygens (including phenoxy) is 1. The number of hydrogen-bond acceptors (Lipinski definition) is 3. The van der Waals surface area contributed by atoms with Gasteiger partial charge in [-0.3, -0.25) is 0 Å². The van der Waals surface area contributed by atoms with E-state index in [0.29, 0.717) is 12.1 Å². The number of carbonyl (C=O) groups excluding carboxylic acids is 1. The second-order valence-electron chi connectivity index (χ2n) is 7.82. The van der Waals surface area contributed by atoms with Crippen molar-refractivity contribution in [3.8, 4) is 0 Å². The van der Waals surface area contributed by atoms with E-state index in [9.17, 15) is 75.8 Å². The fourth-order valence-corrected chi connectivity index (χ4v) is 2.82. The van der Waals surface area contributed by atoms with Gasteiger partial charge in [-0.05, 0) is 31.5 Å². The first-order valence-electron chi connectivity index (χ1n) is 9.49. The van der Waals surface area contributed by atoms with Crippen LogP contribution < -0.4 is 0 Å². The zero-order valence-electron chi connectivity index (χ0n) is 18.2. The van der Waals surface area contributed by atoms with E-state index in [-0.39, 0.29) is 19.1 Å². The Kier molecular flexibility index (Phi) is 8.30. The van der Waals surface area contributed by atoms with E-state index in [4.69, 9.17) is 0 Å². The fraction of sp³-hybridized carbons (Fsp3) is 0.632. The van der Waals surface area contributed by atoms with Crippen molar-refractivity contribution in [3.63, 3.8) is 0 Å². The zero-order valence-corrected chi connectivity index (χ0v) is 18.2. The number of carbonyl (C=O) groups is 1. The highest BCUT2D eigenvalue weighted by atomic mass is 19.4. The monoisotopic (exact) mass is 576 g/mol. The molecule has 0 aliphatic carbocycles.